The zero-order valence-electron chi connectivity index (χ0n) is 7.67. The Hall–Kier alpha value is -1.62. The topological polar surface area (TPSA) is 71.4 Å². The third-order valence-electron chi connectivity index (χ3n) is 2.20. The Labute approximate surface area is 86.8 Å². The average Bonchev–Trinajstić information content (AvgIpc) is 2.16. The zero-order valence-corrected chi connectivity index (χ0v) is 8.49. The van der Waals surface area contributed by atoms with Crippen LogP contribution < -0.4 is 0 Å². The monoisotopic (exact) mass is 224 g/mol. The summed E-state index contributed by atoms with van der Waals surface area (Å²) in [5.74, 6) is -1.08. The van der Waals surface area contributed by atoms with E-state index >= 15 is 0 Å². The smallest absolute Gasteiger partial charge is 0.335 e. The quantitative estimate of drug-likeness (QED) is 0.777. The van der Waals surface area contributed by atoms with Gasteiger partial charge in [0, 0.05) is 0 Å². The molecule has 0 bridgehead atoms. The Bertz CT molecular complexity index is 555. The number of rotatable bonds is 1. The first kappa shape index (κ1) is 9.92. The Morgan fingerprint density at radius 1 is 1.33 bits per heavy atom. The van der Waals surface area contributed by atoms with Gasteiger partial charge in [0.05, 0.1) is 16.2 Å². The molecular weight excluding hydrogens is 216 g/mol. The van der Waals surface area contributed by atoms with Crippen LogP contribution in [0.4, 0.5) is 0 Å². The summed E-state index contributed by atoms with van der Waals surface area (Å²) in [5.41, 5.74) is 0.539. The summed E-state index contributed by atoms with van der Waals surface area (Å²) in [6.45, 7) is 0. The lowest BCUT2D eigenvalue weighted by atomic mass is 10.1. The number of carboxylic acid groups (broad SMARTS) is 1. The van der Waals surface area contributed by atoms with Crippen LogP contribution in [0.25, 0.3) is 6.08 Å². The van der Waals surface area contributed by atoms with E-state index in [2.05, 4.69) is 0 Å². The first-order valence-electron chi connectivity index (χ1n) is 4.27. The van der Waals surface area contributed by atoms with Crippen molar-refractivity contribution in [1.82, 2.24) is 0 Å². The van der Waals surface area contributed by atoms with E-state index in [-0.39, 0.29) is 16.2 Å². The molecular formula is C10H8O4S. The van der Waals surface area contributed by atoms with E-state index in [9.17, 15) is 13.2 Å². The maximum atomic E-state index is 11.6. The number of hydrogen-bond donors (Lipinski definition) is 1. The van der Waals surface area contributed by atoms with Crippen molar-refractivity contribution >= 4 is 21.9 Å². The van der Waals surface area contributed by atoms with E-state index in [1.807, 2.05) is 0 Å². The van der Waals surface area contributed by atoms with Gasteiger partial charge in [-0.1, -0.05) is 12.2 Å². The Balaban J connectivity index is 2.66. The first-order valence-corrected chi connectivity index (χ1v) is 5.92. The molecule has 0 aliphatic carbocycles. The van der Waals surface area contributed by atoms with Crippen LogP contribution in [0.15, 0.2) is 29.2 Å². The average molecular weight is 224 g/mol. The molecule has 0 radical (unpaired) electrons. The van der Waals surface area contributed by atoms with E-state index < -0.39 is 15.8 Å². The largest absolute Gasteiger partial charge is 0.478 e. The maximum absolute atomic E-state index is 11.6. The van der Waals surface area contributed by atoms with Gasteiger partial charge in [-0.2, -0.15) is 0 Å². The number of aromatic carboxylic acids is 1. The normalized spacial score (nSPS) is 17.1. The molecule has 78 valence electrons. The molecule has 1 N–H and O–H groups in total. The molecule has 0 atom stereocenters. The van der Waals surface area contributed by atoms with Crippen molar-refractivity contribution in [3.05, 3.63) is 35.4 Å². The lowest BCUT2D eigenvalue weighted by Crippen LogP contribution is -2.11. The highest BCUT2D eigenvalue weighted by molar-refractivity contribution is 7.91. The van der Waals surface area contributed by atoms with Gasteiger partial charge in [0.1, 0.15) is 0 Å². The van der Waals surface area contributed by atoms with Gasteiger partial charge in [-0.05, 0) is 23.8 Å². The van der Waals surface area contributed by atoms with Crippen LogP contribution in [0, 0.1) is 0 Å². The highest BCUT2D eigenvalue weighted by Gasteiger charge is 2.20. The van der Waals surface area contributed by atoms with Gasteiger partial charge < -0.3 is 5.11 Å². The molecule has 1 aromatic carbocycles. The van der Waals surface area contributed by atoms with Crippen molar-refractivity contribution in [2.75, 3.05) is 5.75 Å². The Morgan fingerprint density at radius 3 is 2.73 bits per heavy atom. The lowest BCUT2D eigenvalue weighted by Gasteiger charge is -2.11. The van der Waals surface area contributed by atoms with Crippen LogP contribution in [0.5, 0.6) is 0 Å². The predicted octanol–water partition coefficient (Wildman–Crippen LogP) is 1.19. The van der Waals surface area contributed by atoms with Gasteiger partial charge in [0.15, 0.2) is 9.84 Å². The summed E-state index contributed by atoms with van der Waals surface area (Å²) < 4.78 is 23.1. The molecule has 1 aromatic rings. The summed E-state index contributed by atoms with van der Waals surface area (Å²) in [4.78, 5) is 10.9. The van der Waals surface area contributed by atoms with E-state index in [0.717, 1.165) is 0 Å². The fourth-order valence-electron chi connectivity index (χ4n) is 1.49. The molecule has 0 saturated carbocycles. The first-order chi connectivity index (χ1) is 7.00. The number of fused-ring (bicyclic) bond motifs is 1. The molecule has 5 heteroatoms. The molecule has 0 aromatic heterocycles. The van der Waals surface area contributed by atoms with Crippen LogP contribution in [-0.4, -0.2) is 25.2 Å². The number of benzene rings is 1. The van der Waals surface area contributed by atoms with Crippen molar-refractivity contribution in [2.24, 2.45) is 0 Å². The van der Waals surface area contributed by atoms with Crippen LogP contribution in [0.2, 0.25) is 0 Å². The van der Waals surface area contributed by atoms with Crippen molar-refractivity contribution in [1.29, 1.82) is 0 Å². The van der Waals surface area contributed by atoms with Gasteiger partial charge in [-0.15, -0.1) is 0 Å². The summed E-state index contributed by atoms with van der Waals surface area (Å²) >= 11 is 0. The molecule has 1 heterocycles. The molecule has 0 spiro atoms. The SMILES string of the molecule is O=C(O)c1ccc2c(c1)C=CCS2(=O)=O. The fourth-order valence-corrected chi connectivity index (χ4v) is 2.78. The summed E-state index contributed by atoms with van der Waals surface area (Å²) in [6.07, 6.45) is 3.14. The third-order valence-corrected chi connectivity index (χ3v) is 3.88. The Morgan fingerprint density at radius 2 is 2.07 bits per heavy atom. The molecule has 0 saturated heterocycles. The van der Waals surface area contributed by atoms with Crippen molar-refractivity contribution in [3.63, 3.8) is 0 Å². The van der Waals surface area contributed by atoms with Crippen molar-refractivity contribution in [2.45, 2.75) is 4.90 Å². The van der Waals surface area contributed by atoms with Crippen LogP contribution in [0.1, 0.15) is 15.9 Å². The standard InChI is InChI=1S/C10H8O4S/c11-10(12)8-3-4-9-7(6-8)2-1-5-15(9,13)14/h1-4,6H,5H2,(H,11,12). The van der Waals surface area contributed by atoms with Crippen molar-refractivity contribution in [3.8, 4) is 0 Å². The van der Waals surface area contributed by atoms with E-state index in [4.69, 9.17) is 5.11 Å². The van der Waals surface area contributed by atoms with E-state index in [0.29, 0.717) is 5.56 Å². The molecule has 1 aliphatic heterocycles. The lowest BCUT2D eigenvalue weighted by molar-refractivity contribution is 0.0696. The third kappa shape index (κ3) is 1.66. The minimum atomic E-state index is -3.26. The molecule has 4 nitrogen and oxygen atoms in total. The minimum absolute atomic E-state index is 0.0214. The van der Waals surface area contributed by atoms with Crippen molar-refractivity contribution < 1.29 is 18.3 Å². The van der Waals surface area contributed by atoms with Gasteiger partial charge in [-0.25, -0.2) is 13.2 Å². The number of carboxylic acids is 1. The van der Waals surface area contributed by atoms with Crippen LogP contribution in [0.3, 0.4) is 0 Å². The molecule has 0 unspecified atom stereocenters. The van der Waals surface area contributed by atoms with E-state index in [1.54, 1.807) is 6.08 Å². The Kier molecular flexibility index (Phi) is 2.12. The van der Waals surface area contributed by atoms with Crippen LogP contribution in [-0.2, 0) is 9.84 Å². The zero-order chi connectivity index (χ0) is 11.1. The number of carbonyl (C=O) groups is 1. The minimum Gasteiger partial charge on any atom is -0.478 e. The maximum Gasteiger partial charge on any atom is 0.335 e. The number of hydrogen-bond acceptors (Lipinski definition) is 3. The molecule has 0 amide bonds. The summed E-state index contributed by atoms with van der Waals surface area (Å²) in [5, 5.41) is 8.74. The van der Waals surface area contributed by atoms with Gasteiger partial charge in [0.25, 0.3) is 0 Å². The summed E-state index contributed by atoms with van der Waals surface area (Å²) in [7, 11) is -3.26. The molecule has 1 aliphatic rings. The van der Waals surface area contributed by atoms with Gasteiger partial charge in [0.2, 0.25) is 0 Å². The van der Waals surface area contributed by atoms with E-state index in [1.165, 1.54) is 24.3 Å². The van der Waals surface area contributed by atoms with Gasteiger partial charge >= 0.3 is 5.97 Å². The molecule has 0 fully saturated rings. The second-order valence-corrected chi connectivity index (χ2v) is 5.24. The highest BCUT2D eigenvalue weighted by Crippen LogP contribution is 2.24. The predicted molar refractivity (Wildman–Crippen MR) is 54.5 cm³/mol. The fraction of sp³-hybridized carbons (Fsp3) is 0.100. The van der Waals surface area contributed by atoms with Gasteiger partial charge in [-0.3, -0.25) is 0 Å². The number of sulfone groups is 1. The van der Waals surface area contributed by atoms with Crippen LogP contribution >= 0.6 is 0 Å². The highest BCUT2D eigenvalue weighted by atomic mass is 32.2. The second kappa shape index (κ2) is 3.20. The summed E-state index contributed by atoms with van der Waals surface area (Å²) in [6, 6.07) is 4.01. The second-order valence-electron chi connectivity index (χ2n) is 3.24. The molecule has 15 heavy (non-hydrogen) atoms. The molecule has 2 rings (SSSR count).